The summed E-state index contributed by atoms with van der Waals surface area (Å²) in [6.45, 7) is 5.50. The molecule has 0 amide bonds. The Bertz CT molecular complexity index is 620. The van der Waals surface area contributed by atoms with Gasteiger partial charge in [-0.05, 0) is 49.6 Å². The maximum Gasteiger partial charge on any atom is 0.128 e. The van der Waals surface area contributed by atoms with Crippen LogP contribution in [0.2, 0.25) is 0 Å². The summed E-state index contributed by atoms with van der Waals surface area (Å²) >= 11 is 3.48. The van der Waals surface area contributed by atoms with Crippen LogP contribution < -0.4 is 0 Å². The van der Waals surface area contributed by atoms with Gasteiger partial charge in [-0.15, -0.1) is 0 Å². The molecule has 2 aromatic rings. The largest absolute Gasteiger partial charge is 0.207 e. The van der Waals surface area contributed by atoms with Crippen molar-refractivity contribution in [1.29, 1.82) is 0 Å². The van der Waals surface area contributed by atoms with Gasteiger partial charge in [0.1, 0.15) is 11.6 Å². The summed E-state index contributed by atoms with van der Waals surface area (Å²) in [5.74, 6) is -0.771. The van der Waals surface area contributed by atoms with Gasteiger partial charge >= 0.3 is 0 Å². The Morgan fingerprint density at radius 1 is 0.842 bits per heavy atom. The standard InChI is InChI=1S/C16H15BrF2/c1-9-4-5-10(2)12(6-9)16(17)13-8-14(18)11(3)7-15(13)19/h4-8,16H,1-3H3. The predicted octanol–water partition coefficient (Wildman–Crippen LogP) is 5.37. The summed E-state index contributed by atoms with van der Waals surface area (Å²) in [5.41, 5.74) is 3.76. The fraction of sp³-hybridized carbons (Fsp3) is 0.250. The monoisotopic (exact) mass is 324 g/mol. The van der Waals surface area contributed by atoms with E-state index in [9.17, 15) is 8.78 Å². The van der Waals surface area contributed by atoms with Crippen molar-refractivity contribution in [3.8, 4) is 0 Å². The third-order valence-corrected chi connectivity index (χ3v) is 4.25. The number of hydrogen-bond donors (Lipinski definition) is 0. The van der Waals surface area contributed by atoms with E-state index >= 15 is 0 Å². The van der Waals surface area contributed by atoms with Gasteiger partial charge in [-0.2, -0.15) is 0 Å². The number of rotatable bonds is 2. The average molecular weight is 325 g/mol. The average Bonchev–Trinajstić information content (AvgIpc) is 2.36. The highest BCUT2D eigenvalue weighted by molar-refractivity contribution is 9.09. The fourth-order valence-electron chi connectivity index (χ4n) is 2.06. The SMILES string of the molecule is Cc1ccc(C)c(C(Br)c2cc(F)c(C)cc2F)c1. The summed E-state index contributed by atoms with van der Waals surface area (Å²) in [6, 6.07) is 8.49. The van der Waals surface area contributed by atoms with E-state index in [1.807, 2.05) is 32.0 Å². The quantitative estimate of drug-likeness (QED) is 0.651. The van der Waals surface area contributed by atoms with Gasteiger partial charge in [0, 0.05) is 5.56 Å². The first-order valence-electron chi connectivity index (χ1n) is 6.07. The van der Waals surface area contributed by atoms with Gasteiger partial charge < -0.3 is 0 Å². The third kappa shape index (κ3) is 2.86. The lowest BCUT2D eigenvalue weighted by Gasteiger charge is -2.16. The molecule has 19 heavy (non-hydrogen) atoms. The Hall–Kier alpha value is -1.22. The van der Waals surface area contributed by atoms with E-state index in [2.05, 4.69) is 15.9 Å². The number of alkyl halides is 1. The summed E-state index contributed by atoms with van der Waals surface area (Å²) in [5, 5.41) is 0. The minimum atomic E-state index is -0.387. The van der Waals surface area contributed by atoms with Crippen LogP contribution >= 0.6 is 15.9 Å². The van der Waals surface area contributed by atoms with E-state index in [1.54, 1.807) is 6.92 Å². The van der Waals surface area contributed by atoms with Gasteiger partial charge in [-0.3, -0.25) is 0 Å². The highest BCUT2D eigenvalue weighted by Crippen LogP contribution is 2.35. The van der Waals surface area contributed by atoms with Crippen molar-refractivity contribution in [1.82, 2.24) is 0 Å². The smallest absolute Gasteiger partial charge is 0.128 e. The highest BCUT2D eigenvalue weighted by Gasteiger charge is 2.18. The van der Waals surface area contributed by atoms with Gasteiger partial charge in [0.2, 0.25) is 0 Å². The minimum absolute atomic E-state index is 0.321. The maximum atomic E-state index is 14.0. The van der Waals surface area contributed by atoms with Crippen LogP contribution in [0, 0.1) is 32.4 Å². The lowest BCUT2D eigenvalue weighted by atomic mass is 9.97. The normalized spacial score (nSPS) is 12.5. The molecule has 2 rings (SSSR count). The van der Waals surface area contributed by atoms with E-state index in [0.717, 1.165) is 16.7 Å². The van der Waals surface area contributed by atoms with Crippen LogP contribution in [-0.4, -0.2) is 0 Å². The van der Waals surface area contributed by atoms with E-state index in [1.165, 1.54) is 12.1 Å². The molecule has 1 atom stereocenters. The first-order valence-corrected chi connectivity index (χ1v) is 6.98. The van der Waals surface area contributed by atoms with E-state index < -0.39 is 0 Å². The summed E-state index contributed by atoms with van der Waals surface area (Å²) in [4.78, 5) is -0.345. The lowest BCUT2D eigenvalue weighted by Crippen LogP contribution is -2.01. The molecule has 0 N–H and O–H groups in total. The van der Waals surface area contributed by atoms with Gasteiger partial charge in [-0.25, -0.2) is 8.78 Å². The van der Waals surface area contributed by atoms with Gasteiger partial charge in [-0.1, -0.05) is 39.7 Å². The van der Waals surface area contributed by atoms with Crippen molar-refractivity contribution in [2.24, 2.45) is 0 Å². The summed E-state index contributed by atoms with van der Waals surface area (Å²) in [6.07, 6.45) is 0. The van der Waals surface area contributed by atoms with Crippen molar-refractivity contribution in [3.63, 3.8) is 0 Å². The van der Waals surface area contributed by atoms with Crippen molar-refractivity contribution in [3.05, 3.63) is 69.8 Å². The van der Waals surface area contributed by atoms with Crippen molar-refractivity contribution < 1.29 is 8.78 Å². The molecular formula is C16H15BrF2. The van der Waals surface area contributed by atoms with Crippen LogP contribution in [0.1, 0.15) is 32.6 Å². The molecule has 2 aromatic carbocycles. The second kappa shape index (κ2) is 5.41. The van der Waals surface area contributed by atoms with Crippen molar-refractivity contribution in [2.45, 2.75) is 25.6 Å². The summed E-state index contributed by atoms with van der Waals surface area (Å²) in [7, 11) is 0. The maximum absolute atomic E-state index is 14.0. The zero-order valence-corrected chi connectivity index (χ0v) is 12.7. The molecular weight excluding hydrogens is 310 g/mol. The molecule has 0 bridgehead atoms. The molecule has 0 saturated heterocycles. The van der Waals surface area contributed by atoms with Crippen LogP contribution in [0.3, 0.4) is 0 Å². The molecule has 0 heterocycles. The molecule has 0 aliphatic heterocycles. The topological polar surface area (TPSA) is 0 Å². The molecule has 1 unspecified atom stereocenters. The van der Waals surface area contributed by atoms with E-state index in [-0.39, 0.29) is 16.5 Å². The Morgan fingerprint density at radius 3 is 2.21 bits per heavy atom. The summed E-state index contributed by atoms with van der Waals surface area (Å²) < 4.78 is 27.6. The molecule has 0 aliphatic carbocycles. The molecule has 0 saturated carbocycles. The zero-order chi connectivity index (χ0) is 14.2. The van der Waals surface area contributed by atoms with Crippen LogP contribution in [0.4, 0.5) is 8.78 Å². The fourth-order valence-corrected chi connectivity index (χ4v) is 2.90. The van der Waals surface area contributed by atoms with Crippen LogP contribution in [0.15, 0.2) is 30.3 Å². The number of benzene rings is 2. The molecule has 0 radical (unpaired) electrons. The Morgan fingerprint density at radius 2 is 1.53 bits per heavy atom. The zero-order valence-electron chi connectivity index (χ0n) is 11.1. The Labute approximate surface area is 120 Å². The number of aryl methyl sites for hydroxylation is 3. The third-order valence-electron chi connectivity index (χ3n) is 3.26. The Balaban J connectivity index is 2.52. The van der Waals surface area contributed by atoms with Crippen LogP contribution in [-0.2, 0) is 0 Å². The molecule has 0 fully saturated rings. The van der Waals surface area contributed by atoms with E-state index in [4.69, 9.17) is 0 Å². The minimum Gasteiger partial charge on any atom is -0.207 e. The molecule has 100 valence electrons. The van der Waals surface area contributed by atoms with Crippen molar-refractivity contribution in [2.75, 3.05) is 0 Å². The molecule has 0 aliphatic rings. The predicted molar refractivity (Wildman–Crippen MR) is 77.8 cm³/mol. The first-order chi connectivity index (χ1) is 8.90. The van der Waals surface area contributed by atoms with E-state index in [0.29, 0.717) is 11.1 Å². The van der Waals surface area contributed by atoms with Crippen molar-refractivity contribution >= 4 is 15.9 Å². The number of halogens is 3. The molecule has 3 heteroatoms. The Kier molecular flexibility index (Phi) is 4.04. The van der Waals surface area contributed by atoms with Gasteiger partial charge in [0.05, 0.1) is 4.83 Å². The molecule has 0 aromatic heterocycles. The molecule has 0 nitrogen and oxygen atoms in total. The number of hydrogen-bond acceptors (Lipinski definition) is 0. The lowest BCUT2D eigenvalue weighted by molar-refractivity contribution is 0.581. The van der Waals surface area contributed by atoms with Gasteiger partial charge in [0.15, 0.2) is 0 Å². The second-order valence-corrected chi connectivity index (χ2v) is 5.76. The second-order valence-electron chi connectivity index (χ2n) is 4.85. The molecule has 0 spiro atoms. The highest BCUT2D eigenvalue weighted by atomic mass is 79.9. The first kappa shape index (κ1) is 14.2. The van der Waals surface area contributed by atoms with Crippen LogP contribution in [0.5, 0.6) is 0 Å². The van der Waals surface area contributed by atoms with Gasteiger partial charge in [0.25, 0.3) is 0 Å². The van der Waals surface area contributed by atoms with Crippen LogP contribution in [0.25, 0.3) is 0 Å².